The third-order valence-corrected chi connectivity index (χ3v) is 6.64. The molecule has 1 aliphatic carbocycles. The quantitative estimate of drug-likeness (QED) is 0.684. The molecule has 6 heteroatoms. The van der Waals surface area contributed by atoms with Crippen LogP contribution < -0.4 is 4.74 Å². The Kier molecular flexibility index (Phi) is 8.95. The van der Waals surface area contributed by atoms with Crippen molar-refractivity contribution in [3.63, 3.8) is 0 Å². The fraction of sp³-hybridized carbons (Fsp3) is 0.692. The molecule has 1 N–H and O–H groups in total. The predicted octanol–water partition coefficient (Wildman–Crippen LogP) is 3.58. The number of amides is 1. The van der Waals surface area contributed by atoms with E-state index in [9.17, 15) is 9.90 Å². The van der Waals surface area contributed by atoms with Gasteiger partial charge in [0.2, 0.25) is 5.88 Å². The summed E-state index contributed by atoms with van der Waals surface area (Å²) in [6.07, 6.45) is 8.79. The van der Waals surface area contributed by atoms with Crippen LogP contribution in [0.1, 0.15) is 75.2 Å². The number of hydrogen-bond donors (Lipinski definition) is 1. The summed E-state index contributed by atoms with van der Waals surface area (Å²) in [7, 11) is 2.09. The normalized spacial score (nSPS) is 22.9. The molecule has 32 heavy (non-hydrogen) atoms. The molecule has 6 nitrogen and oxygen atoms in total. The van der Waals surface area contributed by atoms with Crippen LogP contribution in [-0.4, -0.2) is 71.2 Å². The highest BCUT2D eigenvalue weighted by atomic mass is 16.5. The first-order valence-corrected chi connectivity index (χ1v) is 12.2. The number of carbonyl (C=O) groups is 1. The Bertz CT molecular complexity index is 825. The Morgan fingerprint density at radius 1 is 1.34 bits per heavy atom. The Balaban J connectivity index is 1.92. The fourth-order valence-corrected chi connectivity index (χ4v) is 4.60. The first-order chi connectivity index (χ1) is 15.4. The molecule has 0 unspecified atom stereocenters. The summed E-state index contributed by atoms with van der Waals surface area (Å²) in [5, 5.41) is 9.79. The summed E-state index contributed by atoms with van der Waals surface area (Å²) in [6, 6.07) is 1.54. The van der Waals surface area contributed by atoms with Crippen LogP contribution in [0.15, 0.2) is 12.3 Å². The van der Waals surface area contributed by atoms with Crippen LogP contribution in [0.4, 0.5) is 0 Å². The molecule has 1 aromatic heterocycles. The number of ether oxygens (including phenoxy) is 1. The van der Waals surface area contributed by atoms with Crippen molar-refractivity contribution in [3.8, 4) is 17.7 Å². The van der Waals surface area contributed by atoms with Crippen LogP contribution in [0.3, 0.4) is 0 Å². The molecule has 0 aromatic carbocycles. The minimum absolute atomic E-state index is 0.0797. The average molecular weight is 442 g/mol. The third kappa shape index (κ3) is 6.24. The number of nitrogens with zero attached hydrogens (tertiary/aromatic N) is 3. The largest absolute Gasteiger partial charge is 0.472 e. The molecule has 1 amide bonds. The lowest BCUT2D eigenvalue weighted by Gasteiger charge is -2.37. The van der Waals surface area contributed by atoms with Gasteiger partial charge in [0, 0.05) is 36.7 Å². The van der Waals surface area contributed by atoms with E-state index in [0.717, 1.165) is 37.9 Å². The van der Waals surface area contributed by atoms with Gasteiger partial charge in [0.25, 0.3) is 5.91 Å². The summed E-state index contributed by atoms with van der Waals surface area (Å²) in [5.74, 6) is 7.40. The van der Waals surface area contributed by atoms with Crippen molar-refractivity contribution in [2.75, 3.05) is 33.3 Å². The fourth-order valence-electron chi connectivity index (χ4n) is 4.60. The van der Waals surface area contributed by atoms with Gasteiger partial charge in [-0.2, -0.15) is 0 Å². The highest BCUT2D eigenvalue weighted by Crippen LogP contribution is 2.28. The zero-order valence-corrected chi connectivity index (χ0v) is 20.1. The number of aliphatic hydroxyl groups excluding tert-OH is 1. The topological polar surface area (TPSA) is 65.9 Å². The molecule has 3 rings (SSSR count). The highest BCUT2D eigenvalue weighted by molar-refractivity contribution is 5.97. The number of carbonyl (C=O) groups excluding carboxylic acids is 1. The molecule has 1 aromatic rings. The van der Waals surface area contributed by atoms with Crippen LogP contribution in [0.25, 0.3) is 0 Å². The van der Waals surface area contributed by atoms with Gasteiger partial charge in [0.15, 0.2) is 0 Å². The molecule has 2 heterocycles. The molecule has 0 saturated heterocycles. The van der Waals surface area contributed by atoms with E-state index in [1.165, 1.54) is 19.3 Å². The van der Waals surface area contributed by atoms with E-state index in [-0.39, 0.29) is 30.6 Å². The first-order valence-electron chi connectivity index (χ1n) is 12.2. The maximum atomic E-state index is 13.5. The number of aliphatic hydroxyl groups is 1. The van der Waals surface area contributed by atoms with E-state index in [4.69, 9.17) is 4.74 Å². The molecule has 3 atom stereocenters. The summed E-state index contributed by atoms with van der Waals surface area (Å²) in [5.41, 5.74) is 1.19. The Morgan fingerprint density at radius 2 is 2.09 bits per heavy atom. The van der Waals surface area contributed by atoms with Crippen molar-refractivity contribution in [1.29, 1.82) is 0 Å². The number of likely N-dealkylation sites (N-methyl/N-ethyl adjacent to an activating group) is 1. The van der Waals surface area contributed by atoms with Gasteiger partial charge in [-0.3, -0.25) is 4.79 Å². The maximum Gasteiger partial charge on any atom is 0.259 e. The van der Waals surface area contributed by atoms with Gasteiger partial charge in [0.1, 0.15) is 11.7 Å². The van der Waals surface area contributed by atoms with Crippen molar-refractivity contribution in [3.05, 3.63) is 23.4 Å². The molecular weight excluding hydrogens is 402 g/mol. The minimum atomic E-state index is -0.276. The van der Waals surface area contributed by atoms with E-state index in [1.54, 1.807) is 11.1 Å². The average Bonchev–Trinajstić information content (AvgIpc) is 2.80. The zero-order valence-electron chi connectivity index (χ0n) is 20.1. The maximum absolute atomic E-state index is 13.5. The van der Waals surface area contributed by atoms with Gasteiger partial charge >= 0.3 is 0 Å². The van der Waals surface area contributed by atoms with Crippen molar-refractivity contribution in [2.45, 2.75) is 71.4 Å². The first kappa shape index (κ1) is 24.5. The van der Waals surface area contributed by atoms with Gasteiger partial charge in [-0.05, 0) is 45.8 Å². The lowest BCUT2D eigenvalue weighted by atomic mass is 9.90. The Morgan fingerprint density at radius 3 is 2.78 bits per heavy atom. The van der Waals surface area contributed by atoms with Crippen molar-refractivity contribution >= 4 is 5.91 Å². The molecule has 2 aliphatic rings. The minimum Gasteiger partial charge on any atom is -0.472 e. The van der Waals surface area contributed by atoms with E-state index >= 15 is 0 Å². The molecule has 1 saturated carbocycles. The SMILES string of the molecule is CCCN(C)C[C@H]1Oc2ncc(C#CC3CCCCC3)cc2C(=O)N([C@H](C)CO)C[C@@H]1C. The van der Waals surface area contributed by atoms with E-state index < -0.39 is 0 Å². The van der Waals surface area contributed by atoms with Crippen LogP contribution in [-0.2, 0) is 0 Å². The Hall–Kier alpha value is -2.10. The van der Waals surface area contributed by atoms with Crippen molar-refractivity contribution in [2.24, 2.45) is 11.8 Å². The molecule has 0 radical (unpaired) electrons. The summed E-state index contributed by atoms with van der Waals surface area (Å²) in [4.78, 5) is 22.0. The van der Waals surface area contributed by atoms with Crippen LogP contribution in [0.2, 0.25) is 0 Å². The molecule has 0 bridgehead atoms. The number of rotatable bonds is 6. The molecule has 0 spiro atoms. The van der Waals surface area contributed by atoms with Crippen LogP contribution in [0, 0.1) is 23.7 Å². The monoisotopic (exact) mass is 441 g/mol. The lowest BCUT2D eigenvalue weighted by molar-refractivity contribution is 0.0331. The third-order valence-electron chi connectivity index (χ3n) is 6.64. The number of hydrogen-bond acceptors (Lipinski definition) is 5. The summed E-state index contributed by atoms with van der Waals surface area (Å²) >= 11 is 0. The molecular formula is C26H39N3O3. The summed E-state index contributed by atoms with van der Waals surface area (Å²) < 4.78 is 6.34. The van der Waals surface area contributed by atoms with Gasteiger partial charge in [-0.1, -0.05) is 45.0 Å². The van der Waals surface area contributed by atoms with Crippen molar-refractivity contribution < 1.29 is 14.6 Å². The summed E-state index contributed by atoms with van der Waals surface area (Å²) in [6.45, 7) is 8.34. The van der Waals surface area contributed by atoms with Gasteiger partial charge in [-0.15, -0.1) is 0 Å². The predicted molar refractivity (Wildman–Crippen MR) is 127 cm³/mol. The number of aromatic nitrogens is 1. The van der Waals surface area contributed by atoms with E-state index in [0.29, 0.717) is 23.9 Å². The van der Waals surface area contributed by atoms with Gasteiger partial charge < -0.3 is 19.6 Å². The lowest BCUT2D eigenvalue weighted by Crippen LogP contribution is -2.50. The molecule has 176 valence electrons. The standard InChI is InChI=1S/C26H39N3O3/c1-5-13-28(4)17-24-19(2)16-29(20(3)18-30)26(31)23-14-22(15-27-25(23)32-24)12-11-21-9-7-6-8-10-21/h14-15,19-21,24,30H,5-10,13,16-18H2,1-4H3/t19-,20+,24+/m0/s1. The van der Waals surface area contributed by atoms with Gasteiger partial charge in [0.05, 0.1) is 12.6 Å². The van der Waals surface area contributed by atoms with E-state index in [2.05, 4.69) is 42.6 Å². The molecule has 1 aliphatic heterocycles. The molecule has 1 fully saturated rings. The smallest absolute Gasteiger partial charge is 0.259 e. The van der Waals surface area contributed by atoms with E-state index in [1.807, 2.05) is 13.0 Å². The van der Waals surface area contributed by atoms with Crippen molar-refractivity contribution in [1.82, 2.24) is 14.8 Å². The second-order valence-electron chi connectivity index (χ2n) is 9.57. The second kappa shape index (κ2) is 11.7. The number of fused-ring (bicyclic) bond motifs is 1. The zero-order chi connectivity index (χ0) is 23.1. The van der Waals surface area contributed by atoms with Crippen LogP contribution in [0.5, 0.6) is 5.88 Å². The number of pyridine rings is 1. The Labute approximate surface area is 193 Å². The highest BCUT2D eigenvalue weighted by Gasteiger charge is 2.34. The van der Waals surface area contributed by atoms with Gasteiger partial charge in [-0.25, -0.2) is 4.98 Å². The second-order valence-corrected chi connectivity index (χ2v) is 9.57. The van der Waals surface area contributed by atoms with Crippen LogP contribution >= 0.6 is 0 Å².